The predicted molar refractivity (Wildman–Crippen MR) is 97.9 cm³/mol. The van der Waals surface area contributed by atoms with Crippen molar-refractivity contribution in [1.82, 2.24) is 9.97 Å². The molecule has 0 aliphatic carbocycles. The van der Waals surface area contributed by atoms with Crippen LogP contribution in [0.15, 0.2) is 60.8 Å². The lowest BCUT2D eigenvalue weighted by atomic mass is 10.1. The Morgan fingerprint density at radius 1 is 1.00 bits per heavy atom. The van der Waals surface area contributed by atoms with E-state index in [1.54, 1.807) is 0 Å². The Bertz CT molecular complexity index is 1020. The van der Waals surface area contributed by atoms with Crippen molar-refractivity contribution in [1.29, 1.82) is 0 Å². The Labute approximate surface area is 139 Å². The van der Waals surface area contributed by atoms with Gasteiger partial charge in [-0.1, -0.05) is 48.5 Å². The molecule has 4 heteroatoms. The molecule has 24 heavy (non-hydrogen) atoms. The van der Waals surface area contributed by atoms with E-state index in [4.69, 9.17) is 10.7 Å². The van der Waals surface area contributed by atoms with E-state index in [1.165, 1.54) is 0 Å². The van der Waals surface area contributed by atoms with Crippen LogP contribution in [0.3, 0.4) is 0 Å². The second-order valence-electron chi connectivity index (χ2n) is 5.71. The highest BCUT2D eigenvalue weighted by atomic mass is 16.6. The van der Waals surface area contributed by atoms with Gasteiger partial charge >= 0.3 is 0 Å². The van der Waals surface area contributed by atoms with E-state index in [0.717, 1.165) is 38.6 Å². The van der Waals surface area contributed by atoms with Crippen LogP contribution in [0.5, 0.6) is 0 Å². The molecule has 0 saturated heterocycles. The summed E-state index contributed by atoms with van der Waals surface area (Å²) >= 11 is 0. The fourth-order valence-electron chi connectivity index (χ4n) is 2.90. The van der Waals surface area contributed by atoms with Gasteiger partial charge in [0.2, 0.25) is 0 Å². The third kappa shape index (κ3) is 2.80. The number of H-pyrrole nitrogens is 1. The van der Waals surface area contributed by atoms with Gasteiger partial charge in [0, 0.05) is 28.0 Å². The zero-order chi connectivity index (χ0) is 16.4. The van der Waals surface area contributed by atoms with Gasteiger partial charge in [0.15, 0.2) is 0 Å². The van der Waals surface area contributed by atoms with Gasteiger partial charge in [-0.15, -0.1) is 0 Å². The van der Waals surface area contributed by atoms with Gasteiger partial charge in [-0.25, -0.2) is 5.90 Å². The highest BCUT2D eigenvalue weighted by Gasteiger charge is 2.06. The molecule has 0 spiro atoms. The molecule has 0 amide bonds. The van der Waals surface area contributed by atoms with E-state index in [-0.39, 0.29) is 0 Å². The number of hydrogen-bond donors (Lipinski definition) is 2. The molecule has 0 atom stereocenters. The summed E-state index contributed by atoms with van der Waals surface area (Å²) in [5, 5.41) is 3.37. The molecule has 2 aromatic carbocycles. The minimum Gasteiger partial charge on any atom is -0.356 e. The molecule has 0 fully saturated rings. The number of hydrogen-bond acceptors (Lipinski definition) is 3. The van der Waals surface area contributed by atoms with Gasteiger partial charge in [0.25, 0.3) is 0 Å². The third-order valence-corrected chi connectivity index (χ3v) is 4.06. The first kappa shape index (κ1) is 14.6. The van der Waals surface area contributed by atoms with Gasteiger partial charge in [-0.2, -0.15) is 0 Å². The Morgan fingerprint density at radius 3 is 2.67 bits per heavy atom. The summed E-state index contributed by atoms with van der Waals surface area (Å²) in [6, 6.07) is 18.5. The van der Waals surface area contributed by atoms with E-state index in [1.807, 2.05) is 30.5 Å². The summed E-state index contributed by atoms with van der Waals surface area (Å²) in [6.07, 6.45) is 6.00. The molecular weight excluding hydrogens is 298 g/mol. The Kier molecular flexibility index (Phi) is 3.83. The van der Waals surface area contributed by atoms with E-state index >= 15 is 0 Å². The van der Waals surface area contributed by atoms with Crippen LogP contribution in [0.1, 0.15) is 17.0 Å². The van der Waals surface area contributed by atoms with Crippen molar-refractivity contribution in [2.75, 3.05) is 0 Å². The van der Waals surface area contributed by atoms with E-state index < -0.39 is 0 Å². The topological polar surface area (TPSA) is 63.9 Å². The fourth-order valence-corrected chi connectivity index (χ4v) is 2.90. The number of aromatic nitrogens is 2. The monoisotopic (exact) mass is 315 g/mol. The molecule has 4 rings (SSSR count). The van der Waals surface area contributed by atoms with Gasteiger partial charge in [0.05, 0.1) is 11.2 Å². The van der Waals surface area contributed by atoms with Crippen LogP contribution in [0, 0.1) is 0 Å². The lowest BCUT2D eigenvalue weighted by molar-refractivity contribution is 0.122. The summed E-state index contributed by atoms with van der Waals surface area (Å²) in [5.74, 6) is 5.17. The van der Waals surface area contributed by atoms with Crippen molar-refractivity contribution in [3.8, 4) is 0 Å². The molecule has 2 heterocycles. The van der Waals surface area contributed by atoms with Crippen LogP contribution in [-0.4, -0.2) is 9.97 Å². The first-order valence-corrected chi connectivity index (χ1v) is 7.79. The average Bonchev–Trinajstić information content (AvgIpc) is 3.04. The number of fused-ring (bicyclic) bond motifs is 3. The van der Waals surface area contributed by atoms with Crippen molar-refractivity contribution in [2.24, 2.45) is 5.90 Å². The molecule has 4 nitrogen and oxygen atoms in total. The lowest BCUT2D eigenvalue weighted by Crippen LogP contribution is -1.98. The van der Waals surface area contributed by atoms with Crippen LogP contribution < -0.4 is 5.90 Å². The molecule has 4 aromatic rings. The second kappa shape index (κ2) is 6.28. The maximum absolute atomic E-state index is 5.17. The molecule has 0 radical (unpaired) electrons. The van der Waals surface area contributed by atoms with Crippen molar-refractivity contribution >= 4 is 33.8 Å². The predicted octanol–water partition coefficient (Wildman–Crippen LogP) is 4.28. The molecule has 0 bridgehead atoms. The zero-order valence-corrected chi connectivity index (χ0v) is 13.1. The first-order chi connectivity index (χ1) is 11.8. The Balaban J connectivity index is 1.78. The Hall–Kier alpha value is -2.95. The van der Waals surface area contributed by atoms with Gasteiger partial charge in [0.1, 0.15) is 6.61 Å². The molecule has 118 valence electrons. The van der Waals surface area contributed by atoms with Crippen molar-refractivity contribution in [3.63, 3.8) is 0 Å². The maximum atomic E-state index is 5.17. The van der Waals surface area contributed by atoms with Gasteiger partial charge in [-0.3, -0.25) is 9.82 Å². The molecule has 0 unspecified atom stereocenters. The molecule has 0 aliphatic heterocycles. The zero-order valence-electron chi connectivity index (χ0n) is 13.1. The number of pyridine rings is 1. The maximum Gasteiger partial charge on any atom is 0.108 e. The number of aromatic amines is 1. The van der Waals surface area contributed by atoms with Gasteiger partial charge < -0.3 is 4.98 Å². The summed E-state index contributed by atoms with van der Waals surface area (Å²) in [6.45, 7) is 0.363. The fraction of sp³-hybridized carbons (Fsp3) is 0.0500. The lowest BCUT2D eigenvalue weighted by Gasteiger charge is -2.01. The number of nitrogens with zero attached hydrogens (tertiary/aromatic N) is 1. The highest BCUT2D eigenvalue weighted by Crippen LogP contribution is 2.26. The minimum atomic E-state index is 0.363. The van der Waals surface area contributed by atoms with Crippen LogP contribution >= 0.6 is 0 Å². The quantitative estimate of drug-likeness (QED) is 0.553. The number of benzene rings is 2. The standard InChI is InChI=1S/C20H17N3O/c21-24-13-18-10-15-7-8-16-12-22-17(11-19(16)20(15)23-18)9-6-14-4-2-1-3-5-14/h1-12,23H,13,21H2/b9-6+. The third-order valence-electron chi connectivity index (χ3n) is 4.06. The summed E-state index contributed by atoms with van der Waals surface area (Å²) in [7, 11) is 0. The Morgan fingerprint density at radius 2 is 1.83 bits per heavy atom. The summed E-state index contributed by atoms with van der Waals surface area (Å²) in [4.78, 5) is 12.6. The normalized spacial score (nSPS) is 11.7. The molecule has 2 aromatic heterocycles. The highest BCUT2D eigenvalue weighted by molar-refractivity contribution is 6.06. The summed E-state index contributed by atoms with van der Waals surface area (Å²) in [5.41, 5.74) is 4.11. The number of rotatable bonds is 4. The largest absolute Gasteiger partial charge is 0.356 e. The average molecular weight is 315 g/mol. The summed E-state index contributed by atoms with van der Waals surface area (Å²) < 4.78 is 0. The van der Waals surface area contributed by atoms with Crippen LogP contribution in [0.4, 0.5) is 0 Å². The number of nitrogens with two attached hydrogens (primary N) is 1. The smallest absolute Gasteiger partial charge is 0.108 e. The van der Waals surface area contributed by atoms with Crippen molar-refractivity contribution < 1.29 is 4.84 Å². The molecular formula is C20H17N3O. The molecule has 3 N–H and O–H groups in total. The van der Waals surface area contributed by atoms with Gasteiger partial charge in [-0.05, 0) is 23.8 Å². The van der Waals surface area contributed by atoms with E-state index in [0.29, 0.717) is 6.61 Å². The van der Waals surface area contributed by atoms with Crippen LogP contribution in [0.25, 0.3) is 33.8 Å². The first-order valence-electron chi connectivity index (χ1n) is 7.79. The van der Waals surface area contributed by atoms with Crippen LogP contribution in [0.2, 0.25) is 0 Å². The van der Waals surface area contributed by atoms with Crippen molar-refractivity contribution in [3.05, 3.63) is 77.7 Å². The number of nitrogens with one attached hydrogen (secondary N) is 1. The van der Waals surface area contributed by atoms with E-state index in [9.17, 15) is 0 Å². The second-order valence-corrected chi connectivity index (χ2v) is 5.71. The SMILES string of the molecule is NOCc1cc2ccc3cnc(/C=C/c4ccccc4)cc3c2[nH]1. The van der Waals surface area contributed by atoms with Crippen molar-refractivity contribution in [2.45, 2.75) is 6.61 Å². The minimum absolute atomic E-state index is 0.363. The molecule has 0 aliphatic rings. The molecule has 0 saturated carbocycles. The van der Waals surface area contributed by atoms with E-state index in [2.05, 4.69) is 52.4 Å². The van der Waals surface area contributed by atoms with Crippen LogP contribution in [-0.2, 0) is 11.4 Å².